The first kappa shape index (κ1) is 17.5. The number of aliphatic hydroxyl groups excluding tert-OH is 1. The van der Waals surface area contributed by atoms with E-state index in [0.717, 1.165) is 0 Å². The minimum atomic E-state index is -0.971. The Labute approximate surface area is 140 Å². The molecule has 0 aliphatic rings. The number of nitrogen functional groups attached to an aromatic ring is 1. The molecule has 0 heterocycles. The number of para-hydroxylation sites is 2. The highest BCUT2D eigenvalue weighted by atomic mass is 16.5. The van der Waals surface area contributed by atoms with Gasteiger partial charge in [0.25, 0.3) is 0 Å². The summed E-state index contributed by atoms with van der Waals surface area (Å²) in [5.74, 6) is -0.275. The SMILES string of the molecule is CO[C@@H](/C=C/C(=O)Nc1ccccc1N)[C@@H](O)c1ccc(O)cc1. The summed E-state index contributed by atoms with van der Waals surface area (Å²) >= 11 is 0. The quantitative estimate of drug-likeness (QED) is 0.481. The van der Waals surface area contributed by atoms with Gasteiger partial charge in [0, 0.05) is 13.2 Å². The Morgan fingerprint density at radius 2 is 1.88 bits per heavy atom. The number of aromatic hydroxyl groups is 1. The van der Waals surface area contributed by atoms with Gasteiger partial charge in [-0.05, 0) is 35.9 Å². The number of carbonyl (C=O) groups excluding carboxylic acids is 1. The minimum Gasteiger partial charge on any atom is -0.508 e. The lowest BCUT2D eigenvalue weighted by Gasteiger charge is -2.18. The fourth-order valence-corrected chi connectivity index (χ4v) is 2.14. The molecule has 1 amide bonds. The van der Waals surface area contributed by atoms with E-state index < -0.39 is 12.2 Å². The summed E-state index contributed by atoms with van der Waals surface area (Å²) < 4.78 is 5.22. The van der Waals surface area contributed by atoms with Crippen molar-refractivity contribution in [1.29, 1.82) is 0 Å². The molecule has 0 aliphatic heterocycles. The van der Waals surface area contributed by atoms with E-state index in [2.05, 4.69) is 5.32 Å². The summed E-state index contributed by atoms with van der Waals surface area (Å²) in [4.78, 5) is 12.0. The fourth-order valence-electron chi connectivity index (χ4n) is 2.14. The number of anilines is 2. The monoisotopic (exact) mass is 328 g/mol. The number of hydrogen-bond acceptors (Lipinski definition) is 5. The predicted molar refractivity (Wildman–Crippen MR) is 92.5 cm³/mol. The van der Waals surface area contributed by atoms with Crippen molar-refractivity contribution in [3.05, 3.63) is 66.2 Å². The second kappa shape index (κ2) is 8.14. The zero-order valence-electron chi connectivity index (χ0n) is 13.2. The molecule has 6 nitrogen and oxygen atoms in total. The maximum atomic E-state index is 12.0. The molecule has 126 valence electrons. The van der Waals surface area contributed by atoms with Crippen molar-refractivity contribution in [3.8, 4) is 5.75 Å². The number of phenolic OH excluding ortho intramolecular Hbond substituents is 1. The maximum Gasteiger partial charge on any atom is 0.248 e. The van der Waals surface area contributed by atoms with E-state index in [0.29, 0.717) is 16.9 Å². The summed E-state index contributed by atoms with van der Waals surface area (Å²) in [6.45, 7) is 0. The first-order chi connectivity index (χ1) is 11.5. The van der Waals surface area contributed by atoms with Crippen LogP contribution in [0.15, 0.2) is 60.7 Å². The van der Waals surface area contributed by atoms with Crippen molar-refractivity contribution in [3.63, 3.8) is 0 Å². The van der Waals surface area contributed by atoms with Gasteiger partial charge in [-0.2, -0.15) is 0 Å². The van der Waals surface area contributed by atoms with Gasteiger partial charge in [-0.3, -0.25) is 4.79 Å². The molecule has 2 rings (SSSR count). The normalized spacial score (nSPS) is 13.6. The van der Waals surface area contributed by atoms with Gasteiger partial charge in [-0.15, -0.1) is 0 Å². The van der Waals surface area contributed by atoms with Gasteiger partial charge in [0.05, 0.1) is 11.4 Å². The highest BCUT2D eigenvalue weighted by molar-refractivity contribution is 6.01. The molecule has 0 aliphatic carbocycles. The van der Waals surface area contributed by atoms with Gasteiger partial charge >= 0.3 is 0 Å². The van der Waals surface area contributed by atoms with E-state index in [1.54, 1.807) is 36.4 Å². The van der Waals surface area contributed by atoms with Crippen molar-refractivity contribution in [1.82, 2.24) is 0 Å². The summed E-state index contributed by atoms with van der Waals surface area (Å²) in [6, 6.07) is 13.0. The number of nitrogens with one attached hydrogen (secondary N) is 1. The first-order valence-corrected chi connectivity index (χ1v) is 7.34. The molecule has 0 fully saturated rings. The average Bonchev–Trinajstić information content (AvgIpc) is 2.58. The second-order valence-corrected chi connectivity index (χ2v) is 5.17. The number of amides is 1. The molecular formula is C18H20N2O4. The molecule has 0 saturated carbocycles. The molecule has 0 unspecified atom stereocenters. The number of phenols is 1. The number of ether oxygens (including phenoxy) is 1. The number of nitrogens with two attached hydrogens (primary N) is 1. The molecule has 2 atom stereocenters. The van der Waals surface area contributed by atoms with E-state index in [-0.39, 0.29) is 11.7 Å². The van der Waals surface area contributed by atoms with Crippen LogP contribution >= 0.6 is 0 Å². The molecule has 5 N–H and O–H groups in total. The van der Waals surface area contributed by atoms with Crippen LogP contribution in [-0.4, -0.2) is 29.3 Å². The molecule has 0 radical (unpaired) electrons. The van der Waals surface area contributed by atoms with Crippen LogP contribution in [0.25, 0.3) is 0 Å². The maximum absolute atomic E-state index is 12.0. The zero-order valence-corrected chi connectivity index (χ0v) is 13.2. The van der Waals surface area contributed by atoms with E-state index in [1.165, 1.54) is 31.4 Å². The molecular weight excluding hydrogens is 308 g/mol. The Balaban J connectivity index is 2.03. The van der Waals surface area contributed by atoms with Crippen molar-refractivity contribution in [2.24, 2.45) is 0 Å². The Morgan fingerprint density at radius 1 is 1.21 bits per heavy atom. The van der Waals surface area contributed by atoms with Gasteiger partial charge in [0.1, 0.15) is 18.0 Å². The zero-order chi connectivity index (χ0) is 17.5. The third-order valence-corrected chi connectivity index (χ3v) is 3.47. The lowest BCUT2D eigenvalue weighted by atomic mass is 10.0. The van der Waals surface area contributed by atoms with Crippen LogP contribution in [0, 0.1) is 0 Å². The summed E-state index contributed by atoms with van der Waals surface area (Å²) in [5.41, 5.74) is 7.31. The third-order valence-electron chi connectivity index (χ3n) is 3.47. The minimum absolute atomic E-state index is 0.107. The molecule has 2 aromatic rings. The summed E-state index contributed by atoms with van der Waals surface area (Å²) in [5, 5.41) is 22.2. The van der Waals surface area contributed by atoms with Crippen LogP contribution in [0.4, 0.5) is 11.4 Å². The topological polar surface area (TPSA) is 105 Å². The van der Waals surface area contributed by atoms with Crippen molar-refractivity contribution in [2.75, 3.05) is 18.2 Å². The molecule has 0 aromatic heterocycles. The average molecular weight is 328 g/mol. The number of hydrogen-bond donors (Lipinski definition) is 4. The van der Waals surface area contributed by atoms with E-state index in [1.807, 2.05) is 0 Å². The molecule has 0 saturated heterocycles. The lowest BCUT2D eigenvalue weighted by molar-refractivity contribution is -0.112. The van der Waals surface area contributed by atoms with Gasteiger partial charge in [-0.25, -0.2) is 0 Å². The van der Waals surface area contributed by atoms with Gasteiger partial charge in [-0.1, -0.05) is 24.3 Å². The van der Waals surface area contributed by atoms with Crippen LogP contribution in [0.2, 0.25) is 0 Å². The lowest BCUT2D eigenvalue weighted by Crippen LogP contribution is -2.19. The Morgan fingerprint density at radius 3 is 2.50 bits per heavy atom. The summed E-state index contributed by atoms with van der Waals surface area (Å²) in [6.07, 6.45) is 1.06. The van der Waals surface area contributed by atoms with Crippen LogP contribution in [0.1, 0.15) is 11.7 Å². The smallest absolute Gasteiger partial charge is 0.248 e. The van der Waals surface area contributed by atoms with Crippen LogP contribution in [-0.2, 0) is 9.53 Å². The van der Waals surface area contributed by atoms with Crippen LogP contribution in [0.3, 0.4) is 0 Å². The third kappa shape index (κ3) is 4.58. The number of aliphatic hydroxyl groups is 1. The standard InChI is InChI=1S/C18H20N2O4/c1-24-16(18(23)12-6-8-13(21)9-7-12)10-11-17(22)20-15-5-3-2-4-14(15)19/h2-11,16,18,21,23H,19H2,1H3,(H,20,22)/b11-10+/t16-,18-/m0/s1. The van der Waals surface area contributed by atoms with Gasteiger partial charge < -0.3 is 26.0 Å². The van der Waals surface area contributed by atoms with Crippen LogP contribution < -0.4 is 11.1 Å². The number of carbonyl (C=O) groups is 1. The highest BCUT2D eigenvalue weighted by Gasteiger charge is 2.18. The van der Waals surface area contributed by atoms with Crippen molar-refractivity contribution < 1.29 is 19.7 Å². The largest absolute Gasteiger partial charge is 0.508 e. The van der Waals surface area contributed by atoms with E-state index in [4.69, 9.17) is 10.5 Å². The van der Waals surface area contributed by atoms with Crippen LogP contribution in [0.5, 0.6) is 5.75 Å². The van der Waals surface area contributed by atoms with Crippen molar-refractivity contribution in [2.45, 2.75) is 12.2 Å². The molecule has 0 bridgehead atoms. The molecule has 2 aromatic carbocycles. The predicted octanol–water partition coefficient (Wildman–Crippen LogP) is 2.22. The molecule has 0 spiro atoms. The molecule has 6 heteroatoms. The van der Waals surface area contributed by atoms with Gasteiger partial charge in [0.2, 0.25) is 5.91 Å². The Hall–Kier alpha value is -2.83. The number of methoxy groups -OCH3 is 1. The number of benzene rings is 2. The van der Waals surface area contributed by atoms with E-state index >= 15 is 0 Å². The molecule has 24 heavy (non-hydrogen) atoms. The Kier molecular flexibility index (Phi) is 5.95. The highest BCUT2D eigenvalue weighted by Crippen LogP contribution is 2.22. The fraction of sp³-hybridized carbons (Fsp3) is 0.167. The first-order valence-electron chi connectivity index (χ1n) is 7.34. The second-order valence-electron chi connectivity index (χ2n) is 5.17. The summed E-state index contributed by atoms with van der Waals surface area (Å²) in [7, 11) is 1.44. The van der Waals surface area contributed by atoms with Crippen molar-refractivity contribution >= 4 is 17.3 Å². The Bertz CT molecular complexity index is 713. The number of rotatable bonds is 6. The van der Waals surface area contributed by atoms with E-state index in [9.17, 15) is 15.0 Å². The van der Waals surface area contributed by atoms with Gasteiger partial charge in [0.15, 0.2) is 0 Å².